The van der Waals surface area contributed by atoms with Crippen LogP contribution in [0, 0.1) is 0 Å². The SMILES string of the molecule is O=C(c1ccn(COc2c(Cl)cccc2Cl)n1)N1CCN(Cc2ccc(Cl)cc2)CC1. The van der Waals surface area contributed by atoms with Crippen LogP contribution in [-0.4, -0.2) is 51.7 Å². The molecule has 0 aliphatic carbocycles. The zero-order valence-electron chi connectivity index (χ0n) is 16.7. The Hall–Kier alpha value is -2.25. The number of ether oxygens (including phenoxy) is 1. The molecule has 0 spiro atoms. The second-order valence-electron chi connectivity index (χ2n) is 7.26. The van der Waals surface area contributed by atoms with Gasteiger partial charge in [0.15, 0.2) is 18.2 Å². The van der Waals surface area contributed by atoms with Gasteiger partial charge in [0.25, 0.3) is 5.91 Å². The van der Waals surface area contributed by atoms with Gasteiger partial charge in [0, 0.05) is 43.9 Å². The number of para-hydroxylation sites is 1. The lowest BCUT2D eigenvalue weighted by Gasteiger charge is -2.34. The topological polar surface area (TPSA) is 50.6 Å². The molecule has 1 aromatic heterocycles. The fourth-order valence-corrected chi connectivity index (χ4v) is 4.05. The molecule has 0 radical (unpaired) electrons. The first kappa shape index (κ1) is 22.0. The van der Waals surface area contributed by atoms with Crippen LogP contribution in [0.15, 0.2) is 54.7 Å². The number of carbonyl (C=O) groups is 1. The molecular formula is C22H21Cl3N4O2. The molecular weight excluding hydrogens is 459 g/mol. The summed E-state index contributed by atoms with van der Waals surface area (Å²) in [5, 5.41) is 5.93. The van der Waals surface area contributed by atoms with Crippen LogP contribution in [0.2, 0.25) is 15.1 Å². The van der Waals surface area contributed by atoms with Gasteiger partial charge in [-0.15, -0.1) is 0 Å². The molecule has 1 aliphatic rings. The number of carbonyl (C=O) groups excluding carboxylic acids is 1. The molecule has 2 aromatic carbocycles. The van der Waals surface area contributed by atoms with Crippen molar-refractivity contribution in [3.8, 4) is 5.75 Å². The maximum absolute atomic E-state index is 12.8. The number of rotatable bonds is 6. The van der Waals surface area contributed by atoms with E-state index in [1.165, 1.54) is 5.56 Å². The second-order valence-corrected chi connectivity index (χ2v) is 8.51. The number of halogens is 3. The lowest BCUT2D eigenvalue weighted by molar-refractivity contribution is 0.0621. The lowest BCUT2D eigenvalue weighted by atomic mass is 10.2. The lowest BCUT2D eigenvalue weighted by Crippen LogP contribution is -2.48. The van der Waals surface area contributed by atoms with E-state index in [0.29, 0.717) is 34.6 Å². The average Bonchev–Trinajstić information content (AvgIpc) is 3.24. The number of hydrogen-bond acceptors (Lipinski definition) is 4. The molecule has 1 fully saturated rings. The fourth-order valence-electron chi connectivity index (χ4n) is 3.42. The van der Waals surface area contributed by atoms with Gasteiger partial charge < -0.3 is 9.64 Å². The van der Waals surface area contributed by atoms with Crippen molar-refractivity contribution in [1.82, 2.24) is 19.6 Å². The third-order valence-electron chi connectivity index (χ3n) is 5.10. The summed E-state index contributed by atoms with van der Waals surface area (Å²) in [6, 6.07) is 14.7. The maximum Gasteiger partial charge on any atom is 0.274 e. The summed E-state index contributed by atoms with van der Waals surface area (Å²) in [6.45, 7) is 3.88. The summed E-state index contributed by atoms with van der Waals surface area (Å²) in [4.78, 5) is 17.0. The molecule has 1 amide bonds. The largest absolute Gasteiger partial charge is 0.468 e. The van der Waals surface area contributed by atoms with E-state index in [1.54, 1.807) is 35.1 Å². The predicted octanol–water partition coefficient (Wildman–Crippen LogP) is 4.84. The minimum atomic E-state index is -0.0827. The Labute approximate surface area is 195 Å². The summed E-state index contributed by atoms with van der Waals surface area (Å²) in [5.41, 5.74) is 1.60. The van der Waals surface area contributed by atoms with Crippen LogP contribution in [0.25, 0.3) is 0 Å². The first-order chi connectivity index (χ1) is 15.0. The molecule has 9 heteroatoms. The predicted molar refractivity (Wildman–Crippen MR) is 122 cm³/mol. The number of aromatic nitrogens is 2. The fraction of sp³-hybridized carbons (Fsp3) is 0.273. The molecule has 0 unspecified atom stereocenters. The highest BCUT2D eigenvalue weighted by Gasteiger charge is 2.23. The van der Waals surface area contributed by atoms with Gasteiger partial charge in [0.1, 0.15) is 0 Å². The minimum absolute atomic E-state index is 0.0827. The van der Waals surface area contributed by atoms with Crippen molar-refractivity contribution < 1.29 is 9.53 Å². The minimum Gasteiger partial charge on any atom is -0.468 e. The van der Waals surface area contributed by atoms with Crippen molar-refractivity contribution in [2.24, 2.45) is 0 Å². The highest BCUT2D eigenvalue weighted by Crippen LogP contribution is 2.32. The Morgan fingerprint density at radius 3 is 2.29 bits per heavy atom. The second kappa shape index (κ2) is 9.92. The molecule has 0 N–H and O–H groups in total. The normalized spacial score (nSPS) is 14.6. The quantitative estimate of drug-likeness (QED) is 0.508. The Kier molecular flexibility index (Phi) is 7.02. The third kappa shape index (κ3) is 5.52. The van der Waals surface area contributed by atoms with Crippen LogP contribution >= 0.6 is 34.8 Å². The van der Waals surface area contributed by atoms with Crippen molar-refractivity contribution in [2.75, 3.05) is 26.2 Å². The van der Waals surface area contributed by atoms with Crippen LogP contribution in [0.3, 0.4) is 0 Å². The van der Waals surface area contributed by atoms with Crippen molar-refractivity contribution in [2.45, 2.75) is 13.3 Å². The molecule has 2 heterocycles. The zero-order valence-corrected chi connectivity index (χ0v) is 18.9. The van der Waals surface area contributed by atoms with E-state index in [9.17, 15) is 4.79 Å². The van der Waals surface area contributed by atoms with Crippen molar-refractivity contribution in [3.63, 3.8) is 0 Å². The van der Waals surface area contributed by atoms with E-state index >= 15 is 0 Å². The third-order valence-corrected chi connectivity index (χ3v) is 5.95. The van der Waals surface area contributed by atoms with Gasteiger partial charge in [-0.25, -0.2) is 4.68 Å². The van der Waals surface area contributed by atoms with Crippen LogP contribution in [-0.2, 0) is 13.3 Å². The van der Waals surface area contributed by atoms with Crippen LogP contribution < -0.4 is 4.74 Å². The summed E-state index contributed by atoms with van der Waals surface area (Å²) in [7, 11) is 0. The molecule has 3 aromatic rings. The smallest absolute Gasteiger partial charge is 0.274 e. The van der Waals surface area contributed by atoms with Crippen molar-refractivity contribution in [1.29, 1.82) is 0 Å². The van der Waals surface area contributed by atoms with E-state index in [1.807, 2.05) is 29.2 Å². The Morgan fingerprint density at radius 2 is 1.61 bits per heavy atom. The number of amides is 1. The molecule has 0 atom stereocenters. The van der Waals surface area contributed by atoms with Gasteiger partial charge in [-0.2, -0.15) is 5.10 Å². The van der Waals surface area contributed by atoms with Gasteiger partial charge in [-0.3, -0.25) is 9.69 Å². The summed E-state index contributed by atoms with van der Waals surface area (Å²) in [6.07, 6.45) is 1.70. The van der Waals surface area contributed by atoms with E-state index in [2.05, 4.69) is 10.00 Å². The van der Waals surface area contributed by atoms with Gasteiger partial charge in [0.2, 0.25) is 0 Å². The number of nitrogens with zero attached hydrogens (tertiary/aromatic N) is 4. The zero-order chi connectivity index (χ0) is 21.8. The monoisotopic (exact) mass is 478 g/mol. The summed E-state index contributed by atoms with van der Waals surface area (Å²) >= 11 is 18.2. The highest BCUT2D eigenvalue weighted by molar-refractivity contribution is 6.37. The highest BCUT2D eigenvalue weighted by atomic mass is 35.5. The van der Waals surface area contributed by atoms with Crippen LogP contribution in [0.1, 0.15) is 16.1 Å². The van der Waals surface area contributed by atoms with E-state index < -0.39 is 0 Å². The number of hydrogen-bond donors (Lipinski definition) is 0. The van der Waals surface area contributed by atoms with Crippen LogP contribution in [0.4, 0.5) is 0 Å². The summed E-state index contributed by atoms with van der Waals surface area (Å²) in [5.74, 6) is 0.312. The van der Waals surface area contributed by atoms with Gasteiger partial charge >= 0.3 is 0 Å². The Bertz CT molecular complexity index is 1030. The number of piperazine rings is 1. The number of benzene rings is 2. The van der Waals surface area contributed by atoms with Gasteiger partial charge in [-0.05, 0) is 35.9 Å². The molecule has 31 heavy (non-hydrogen) atoms. The van der Waals surface area contributed by atoms with E-state index in [4.69, 9.17) is 39.5 Å². The van der Waals surface area contributed by atoms with Crippen LogP contribution in [0.5, 0.6) is 5.75 Å². The molecule has 162 valence electrons. The first-order valence-electron chi connectivity index (χ1n) is 9.86. The Balaban J connectivity index is 1.29. The molecule has 6 nitrogen and oxygen atoms in total. The Morgan fingerprint density at radius 1 is 0.935 bits per heavy atom. The molecule has 0 saturated carbocycles. The summed E-state index contributed by atoms with van der Waals surface area (Å²) < 4.78 is 7.21. The van der Waals surface area contributed by atoms with E-state index in [0.717, 1.165) is 24.7 Å². The molecule has 4 rings (SSSR count). The van der Waals surface area contributed by atoms with Gasteiger partial charge in [0.05, 0.1) is 10.0 Å². The molecule has 1 aliphatic heterocycles. The molecule has 1 saturated heterocycles. The average molecular weight is 480 g/mol. The standard InChI is InChI=1S/C22H21Cl3N4O2/c23-17-6-4-16(5-7-17)14-27-10-12-28(13-11-27)22(30)20-8-9-29(26-20)15-31-21-18(24)2-1-3-19(21)25/h1-9H,10-15H2. The van der Waals surface area contributed by atoms with Crippen molar-refractivity contribution in [3.05, 3.63) is 81.1 Å². The van der Waals surface area contributed by atoms with Gasteiger partial charge in [-0.1, -0.05) is 53.0 Å². The van der Waals surface area contributed by atoms with E-state index in [-0.39, 0.29) is 12.6 Å². The maximum atomic E-state index is 12.8. The molecule has 0 bridgehead atoms. The first-order valence-corrected chi connectivity index (χ1v) is 11.0. The van der Waals surface area contributed by atoms with Crippen molar-refractivity contribution >= 4 is 40.7 Å².